The SMILES string of the molecule is CN(C)C(=O)CN=C(NCCN1CCOCC1)NCC1(C)CCCCCC1.I. The van der Waals surface area contributed by atoms with E-state index in [2.05, 4.69) is 27.4 Å². The number of guanidine groups is 1. The molecule has 0 radical (unpaired) electrons. The highest BCUT2D eigenvalue weighted by Crippen LogP contribution is 2.33. The lowest BCUT2D eigenvalue weighted by atomic mass is 9.82. The zero-order valence-electron chi connectivity index (χ0n) is 18.0. The van der Waals surface area contributed by atoms with E-state index < -0.39 is 0 Å². The van der Waals surface area contributed by atoms with Crippen LogP contribution in [-0.4, -0.2) is 88.2 Å². The molecule has 0 aromatic heterocycles. The molecule has 0 atom stereocenters. The number of amides is 1. The summed E-state index contributed by atoms with van der Waals surface area (Å²) in [6.07, 6.45) is 7.86. The Morgan fingerprint density at radius 3 is 2.36 bits per heavy atom. The molecule has 1 aliphatic carbocycles. The van der Waals surface area contributed by atoms with E-state index in [4.69, 9.17) is 4.74 Å². The van der Waals surface area contributed by atoms with Gasteiger partial charge in [0.05, 0.1) is 13.2 Å². The first kappa shape index (κ1) is 25.4. The summed E-state index contributed by atoms with van der Waals surface area (Å²) >= 11 is 0. The fourth-order valence-corrected chi connectivity index (χ4v) is 3.68. The number of carbonyl (C=O) groups excluding carboxylic acids is 1. The van der Waals surface area contributed by atoms with E-state index in [1.54, 1.807) is 19.0 Å². The lowest BCUT2D eigenvalue weighted by Crippen LogP contribution is -2.47. The van der Waals surface area contributed by atoms with Crippen molar-refractivity contribution in [3.63, 3.8) is 0 Å². The Kier molecular flexibility index (Phi) is 12.3. The van der Waals surface area contributed by atoms with Crippen molar-refractivity contribution in [1.29, 1.82) is 0 Å². The predicted octanol–water partition coefficient (Wildman–Crippen LogP) is 1.92. The Morgan fingerprint density at radius 1 is 1.11 bits per heavy atom. The van der Waals surface area contributed by atoms with Crippen molar-refractivity contribution < 1.29 is 9.53 Å². The summed E-state index contributed by atoms with van der Waals surface area (Å²) in [7, 11) is 3.53. The minimum atomic E-state index is 0. The maximum absolute atomic E-state index is 11.9. The van der Waals surface area contributed by atoms with Gasteiger partial charge >= 0.3 is 0 Å². The number of aliphatic imine (C=N–C) groups is 1. The van der Waals surface area contributed by atoms with Crippen LogP contribution in [0.2, 0.25) is 0 Å². The molecule has 1 amide bonds. The van der Waals surface area contributed by atoms with Gasteiger partial charge < -0.3 is 20.3 Å². The van der Waals surface area contributed by atoms with Gasteiger partial charge in [0.25, 0.3) is 0 Å². The molecule has 1 heterocycles. The molecule has 0 aromatic rings. The predicted molar refractivity (Wildman–Crippen MR) is 125 cm³/mol. The summed E-state index contributed by atoms with van der Waals surface area (Å²) in [5.41, 5.74) is 0.314. The molecule has 0 bridgehead atoms. The van der Waals surface area contributed by atoms with Gasteiger partial charge in [-0.25, -0.2) is 4.99 Å². The average Bonchev–Trinajstić information content (AvgIpc) is 2.89. The van der Waals surface area contributed by atoms with Gasteiger partial charge in [0.2, 0.25) is 5.91 Å². The zero-order valence-corrected chi connectivity index (χ0v) is 20.3. The monoisotopic (exact) mass is 509 g/mol. The van der Waals surface area contributed by atoms with Crippen LogP contribution in [0.1, 0.15) is 45.4 Å². The number of halogens is 1. The van der Waals surface area contributed by atoms with E-state index in [-0.39, 0.29) is 36.4 Å². The van der Waals surface area contributed by atoms with E-state index in [1.807, 2.05) is 0 Å². The Morgan fingerprint density at radius 2 is 1.75 bits per heavy atom. The van der Waals surface area contributed by atoms with E-state index in [0.29, 0.717) is 5.41 Å². The van der Waals surface area contributed by atoms with Gasteiger partial charge in [-0.1, -0.05) is 32.6 Å². The Balaban J connectivity index is 0.00000392. The number of hydrogen-bond donors (Lipinski definition) is 2. The summed E-state index contributed by atoms with van der Waals surface area (Å²) in [6.45, 7) is 8.84. The molecule has 164 valence electrons. The second-order valence-electron chi connectivity index (χ2n) is 8.41. The van der Waals surface area contributed by atoms with E-state index in [9.17, 15) is 4.79 Å². The third-order valence-electron chi connectivity index (χ3n) is 5.69. The highest BCUT2D eigenvalue weighted by molar-refractivity contribution is 14.0. The van der Waals surface area contributed by atoms with Crippen LogP contribution in [0.4, 0.5) is 0 Å². The molecule has 1 saturated carbocycles. The Bertz CT molecular complexity index is 473. The number of likely N-dealkylation sites (N-methyl/N-ethyl adjacent to an activating group) is 1. The molecule has 2 aliphatic rings. The number of ether oxygens (including phenoxy) is 1. The molecule has 1 saturated heterocycles. The first-order valence-corrected chi connectivity index (χ1v) is 10.5. The fraction of sp³-hybridized carbons (Fsp3) is 0.900. The van der Waals surface area contributed by atoms with Crippen molar-refractivity contribution in [2.45, 2.75) is 45.4 Å². The van der Waals surface area contributed by atoms with Crippen molar-refractivity contribution in [2.24, 2.45) is 10.4 Å². The molecule has 0 aromatic carbocycles. The smallest absolute Gasteiger partial charge is 0.243 e. The Hall–Kier alpha value is -0.610. The van der Waals surface area contributed by atoms with Crippen LogP contribution in [0.3, 0.4) is 0 Å². The molecule has 1 aliphatic heterocycles. The largest absolute Gasteiger partial charge is 0.379 e. The molecule has 7 nitrogen and oxygen atoms in total. The van der Waals surface area contributed by atoms with Gasteiger partial charge in [0.15, 0.2) is 5.96 Å². The molecule has 8 heteroatoms. The lowest BCUT2D eigenvalue weighted by molar-refractivity contribution is -0.127. The van der Waals surface area contributed by atoms with Crippen molar-refractivity contribution in [3.8, 4) is 0 Å². The second-order valence-corrected chi connectivity index (χ2v) is 8.41. The number of morpholine rings is 1. The third kappa shape index (κ3) is 9.73. The maximum Gasteiger partial charge on any atom is 0.243 e. The summed E-state index contributed by atoms with van der Waals surface area (Å²) in [6, 6.07) is 0. The number of hydrogen-bond acceptors (Lipinski definition) is 4. The molecular weight excluding hydrogens is 469 g/mol. The average molecular weight is 509 g/mol. The van der Waals surface area contributed by atoms with Gasteiger partial charge in [-0.15, -0.1) is 24.0 Å². The van der Waals surface area contributed by atoms with E-state index >= 15 is 0 Å². The van der Waals surface area contributed by atoms with Gasteiger partial charge in [-0.2, -0.15) is 0 Å². The number of nitrogens with zero attached hydrogens (tertiary/aromatic N) is 3. The molecule has 28 heavy (non-hydrogen) atoms. The van der Waals surface area contributed by atoms with Crippen molar-refractivity contribution in [1.82, 2.24) is 20.4 Å². The molecule has 2 fully saturated rings. The second kappa shape index (κ2) is 13.6. The van der Waals surface area contributed by atoms with Gasteiger partial charge in [0.1, 0.15) is 6.54 Å². The standard InChI is InChI=1S/C20H39N5O2.HI/c1-20(8-6-4-5-7-9-20)17-23-19(22-16-18(26)24(2)3)21-10-11-25-12-14-27-15-13-25;/h4-17H2,1-3H3,(H2,21,22,23);1H. The van der Waals surface area contributed by atoms with E-state index in [1.165, 1.54) is 38.5 Å². The van der Waals surface area contributed by atoms with Crippen molar-refractivity contribution in [3.05, 3.63) is 0 Å². The van der Waals surface area contributed by atoms with Crippen LogP contribution in [0.15, 0.2) is 4.99 Å². The quantitative estimate of drug-likeness (QED) is 0.238. The fourth-order valence-electron chi connectivity index (χ4n) is 3.68. The third-order valence-corrected chi connectivity index (χ3v) is 5.69. The number of rotatable bonds is 7. The van der Waals surface area contributed by atoms with Crippen molar-refractivity contribution >= 4 is 35.8 Å². The topological polar surface area (TPSA) is 69.2 Å². The van der Waals surface area contributed by atoms with Crippen LogP contribution in [-0.2, 0) is 9.53 Å². The van der Waals surface area contributed by atoms with Gasteiger partial charge in [-0.3, -0.25) is 9.69 Å². The summed E-state index contributed by atoms with van der Waals surface area (Å²) in [4.78, 5) is 20.4. The lowest BCUT2D eigenvalue weighted by Gasteiger charge is -2.30. The minimum Gasteiger partial charge on any atom is -0.379 e. The first-order valence-electron chi connectivity index (χ1n) is 10.5. The Labute approximate surface area is 188 Å². The van der Waals surface area contributed by atoms with Gasteiger partial charge in [0, 0.05) is 46.8 Å². The number of nitrogens with one attached hydrogen (secondary N) is 2. The summed E-state index contributed by atoms with van der Waals surface area (Å²) in [5, 5.41) is 6.93. The van der Waals surface area contributed by atoms with Crippen LogP contribution in [0, 0.1) is 5.41 Å². The normalized spacial score (nSPS) is 20.6. The number of carbonyl (C=O) groups is 1. The molecule has 0 unspecified atom stereocenters. The van der Waals surface area contributed by atoms with Crippen LogP contribution >= 0.6 is 24.0 Å². The molecule has 2 rings (SSSR count). The molecular formula is C20H40IN5O2. The highest BCUT2D eigenvalue weighted by Gasteiger charge is 2.25. The highest BCUT2D eigenvalue weighted by atomic mass is 127. The van der Waals surface area contributed by atoms with Crippen molar-refractivity contribution in [2.75, 3.05) is 66.6 Å². The van der Waals surface area contributed by atoms with Gasteiger partial charge in [-0.05, 0) is 18.3 Å². The van der Waals surface area contributed by atoms with Crippen LogP contribution in [0.25, 0.3) is 0 Å². The minimum absolute atomic E-state index is 0. The van der Waals surface area contributed by atoms with E-state index in [0.717, 1.165) is 51.9 Å². The maximum atomic E-state index is 11.9. The first-order chi connectivity index (χ1) is 13.0. The molecule has 0 spiro atoms. The van der Waals surface area contributed by atoms with Crippen LogP contribution in [0.5, 0.6) is 0 Å². The summed E-state index contributed by atoms with van der Waals surface area (Å²) in [5.74, 6) is 0.772. The zero-order chi connectivity index (χ0) is 19.5. The summed E-state index contributed by atoms with van der Waals surface area (Å²) < 4.78 is 5.40. The molecule has 2 N–H and O–H groups in total. The van der Waals surface area contributed by atoms with Crippen LogP contribution < -0.4 is 10.6 Å².